The average Bonchev–Trinajstić information content (AvgIpc) is 2.48. The number of hydrogen-bond acceptors (Lipinski definition) is 3. The number of sulfonamides is 1. The van der Waals surface area contributed by atoms with Gasteiger partial charge in [0.05, 0.1) is 17.4 Å². The van der Waals surface area contributed by atoms with Crippen molar-refractivity contribution in [2.45, 2.75) is 63.3 Å². The predicted molar refractivity (Wildman–Crippen MR) is 69.8 cm³/mol. The van der Waals surface area contributed by atoms with Gasteiger partial charge in [0.15, 0.2) is 0 Å². The molecule has 0 atom stereocenters. The molecule has 0 aromatic carbocycles. The molecule has 5 nitrogen and oxygen atoms in total. The van der Waals surface area contributed by atoms with E-state index >= 15 is 0 Å². The fourth-order valence-electron chi connectivity index (χ4n) is 2.92. The minimum Gasteiger partial charge on any atom is -0.265 e. The second kappa shape index (κ2) is 5.01. The Morgan fingerprint density at radius 2 is 1.72 bits per heavy atom. The van der Waals surface area contributed by atoms with E-state index in [-0.39, 0.29) is 4.90 Å². The smallest absolute Gasteiger partial charge is 0.241 e. The number of nitrogens with zero attached hydrogens (tertiary/aromatic N) is 2. The van der Waals surface area contributed by atoms with Gasteiger partial charge in [0, 0.05) is 0 Å². The van der Waals surface area contributed by atoms with E-state index in [0.29, 0.717) is 17.4 Å². The molecule has 0 aliphatic heterocycles. The van der Waals surface area contributed by atoms with E-state index in [0.717, 1.165) is 12.8 Å². The van der Waals surface area contributed by atoms with Crippen LogP contribution in [0.3, 0.4) is 0 Å². The van der Waals surface area contributed by atoms with E-state index in [1.165, 1.54) is 25.7 Å². The molecule has 0 radical (unpaired) electrons. The molecule has 0 saturated heterocycles. The van der Waals surface area contributed by atoms with Crippen LogP contribution in [0.2, 0.25) is 0 Å². The lowest BCUT2D eigenvalue weighted by molar-refractivity contribution is 0.396. The van der Waals surface area contributed by atoms with Crippen LogP contribution in [0.4, 0.5) is 0 Å². The van der Waals surface area contributed by atoms with Gasteiger partial charge in [-0.3, -0.25) is 4.68 Å². The van der Waals surface area contributed by atoms with Gasteiger partial charge in [-0.25, -0.2) is 13.6 Å². The first kappa shape index (κ1) is 13.5. The van der Waals surface area contributed by atoms with Crippen molar-refractivity contribution >= 4 is 10.0 Å². The van der Waals surface area contributed by atoms with Gasteiger partial charge < -0.3 is 0 Å². The van der Waals surface area contributed by atoms with Gasteiger partial charge in [0.1, 0.15) is 4.90 Å². The summed E-state index contributed by atoms with van der Waals surface area (Å²) >= 11 is 0. The Labute approximate surface area is 108 Å². The summed E-state index contributed by atoms with van der Waals surface area (Å²) in [5.74, 6) is 0. The van der Waals surface area contributed by atoms with Crippen LogP contribution in [0.5, 0.6) is 0 Å². The quantitative estimate of drug-likeness (QED) is 0.836. The van der Waals surface area contributed by atoms with Crippen molar-refractivity contribution in [1.82, 2.24) is 9.78 Å². The lowest BCUT2D eigenvalue weighted by atomic mass is 10.1. The first-order chi connectivity index (χ1) is 8.41. The summed E-state index contributed by atoms with van der Waals surface area (Å²) in [7, 11) is -3.67. The Balaban J connectivity index is 2.40. The standard InChI is InChI=1S/C12H21N3O2S/c1-9-12(18(13,16)17)10(2)15(14-9)11-7-5-3-4-6-8-11/h11H,3-8H2,1-2H3,(H2,13,16,17). The third kappa shape index (κ3) is 2.59. The molecule has 1 saturated carbocycles. The zero-order chi connectivity index (χ0) is 13.3. The van der Waals surface area contributed by atoms with Crippen molar-refractivity contribution in [2.75, 3.05) is 0 Å². The molecule has 1 fully saturated rings. The Hall–Kier alpha value is -0.880. The monoisotopic (exact) mass is 271 g/mol. The van der Waals surface area contributed by atoms with Crippen molar-refractivity contribution < 1.29 is 8.42 Å². The summed E-state index contributed by atoms with van der Waals surface area (Å²) in [5.41, 5.74) is 1.20. The summed E-state index contributed by atoms with van der Waals surface area (Å²) < 4.78 is 25.0. The average molecular weight is 271 g/mol. The molecule has 1 heterocycles. The maximum Gasteiger partial charge on any atom is 0.241 e. The summed E-state index contributed by atoms with van der Waals surface area (Å²) in [6, 6.07) is 0.321. The first-order valence-electron chi connectivity index (χ1n) is 6.50. The predicted octanol–water partition coefficient (Wildman–Crippen LogP) is 2.04. The normalized spacial score (nSPS) is 18.8. The van der Waals surface area contributed by atoms with E-state index in [9.17, 15) is 8.42 Å². The van der Waals surface area contributed by atoms with Crippen molar-refractivity contribution in [3.8, 4) is 0 Å². The molecular weight excluding hydrogens is 250 g/mol. The second-order valence-electron chi connectivity index (χ2n) is 5.13. The van der Waals surface area contributed by atoms with E-state index < -0.39 is 10.0 Å². The van der Waals surface area contributed by atoms with Crippen LogP contribution >= 0.6 is 0 Å². The van der Waals surface area contributed by atoms with Crippen LogP contribution in [0.15, 0.2) is 4.90 Å². The maximum atomic E-state index is 11.6. The van der Waals surface area contributed by atoms with E-state index in [4.69, 9.17) is 5.14 Å². The van der Waals surface area contributed by atoms with Crippen molar-refractivity contribution in [2.24, 2.45) is 5.14 Å². The lowest BCUT2D eigenvalue weighted by Gasteiger charge is -2.16. The van der Waals surface area contributed by atoms with Crippen LogP contribution in [0.25, 0.3) is 0 Å². The number of hydrogen-bond donors (Lipinski definition) is 1. The molecule has 1 aromatic rings. The van der Waals surface area contributed by atoms with Crippen molar-refractivity contribution in [1.29, 1.82) is 0 Å². The van der Waals surface area contributed by atoms with Gasteiger partial charge in [0.25, 0.3) is 0 Å². The van der Waals surface area contributed by atoms with Gasteiger partial charge in [0.2, 0.25) is 10.0 Å². The third-order valence-corrected chi connectivity index (χ3v) is 4.87. The number of aryl methyl sites for hydroxylation is 1. The highest BCUT2D eigenvalue weighted by Crippen LogP contribution is 2.30. The molecule has 6 heteroatoms. The number of primary sulfonamides is 1. The molecule has 2 rings (SSSR count). The van der Waals surface area contributed by atoms with Crippen LogP contribution in [-0.2, 0) is 10.0 Å². The van der Waals surface area contributed by atoms with Crippen LogP contribution in [0.1, 0.15) is 56.0 Å². The summed E-state index contributed by atoms with van der Waals surface area (Å²) in [4.78, 5) is 0.201. The molecule has 1 aromatic heterocycles. The SMILES string of the molecule is Cc1nn(C2CCCCCC2)c(C)c1S(N)(=O)=O. The Morgan fingerprint density at radius 3 is 2.17 bits per heavy atom. The molecule has 0 unspecified atom stereocenters. The molecular formula is C12H21N3O2S. The molecule has 1 aliphatic rings. The molecule has 1 aliphatic carbocycles. The Bertz CT molecular complexity index is 526. The zero-order valence-electron chi connectivity index (χ0n) is 11.0. The third-order valence-electron chi connectivity index (χ3n) is 3.71. The molecule has 0 bridgehead atoms. The highest BCUT2D eigenvalue weighted by atomic mass is 32.2. The van der Waals surface area contributed by atoms with Gasteiger partial charge >= 0.3 is 0 Å². The molecule has 18 heavy (non-hydrogen) atoms. The minimum absolute atomic E-state index is 0.201. The lowest BCUT2D eigenvalue weighted by Crippen LogP contribution is -2.16. The number of aromatic nitrogens is 2. The van der Waals surface area contributed by atoms with Crippen LogP contribution < -0.4 is 5.14 Å². The van der Waals surface area contributed by atoms with Crippen LogP contribution in [-0.4, -0.2) is 18.2 Å². The topological polar surface area (TPSA) is 78.0 Å². The summed E-state index contributed by atoms with van der Waals surface area (Å²) in [5, 5.41) is 9.65. The molecule has 0 amide bonds. The minimum atomic E-state index is -3.67. The molecule has 102 valence electrons. The molecule has 2 N–H and O–H groups in total. The van der Waals surface area contributed by atoms with E-state index in [2.05, 4.69) is 5.10 Å². The van der Waals surface area contributed by atoms with Crippen molar-refractivity contribution in [3.05, 3.63) is 11.4 Å². The fourth-order valence-corrected chi connectivity index (χ4v) is 3.88. The van der Waals surface area contributed by atoms with E-state index in [1.54, 1.807) is 13.8 Å². The Morgan fingerprint density at radius 1 is 1.17 bits per heavy atom. The highest BCUT2D eigenvalue weighted by molar-refractivity contribution is 7.89. The number of rotatable bonds is 2. The Kier molecular flexibility index (Phi) is 3.77. The molecule has 0 spiro atoms. The number of nitrogens with two attached hydrogens (primary N) is 1. The summed E-state index contributed by atoms with van der Waals surface area (Å²) in [6.07, 6.45) is 7.05. The van der Waals surface area contributed by atoms with Gasteiger partial charge in [-0.05, 0) is 26.7 Å². The largest absolute Gasteiger partial charge is 0.265 e. The first-order valence-corrected chi connectivity index (χ1v) is 8.04. The maximum absolute atomic E-state index is 11.6. The fraction of sp³-hybridized carbons (Fsp3) is 0.750. The highest BCUT2D eigenvalue weighted by Gasteiger charge is 2.25. The van der Waals surface area contributed by atoms with Gasteiger partial charge in [-0.15, -0.1) is 0 Å². The summed E-state index contributed by atoms with van der Waals surface area (Å²) in [6.45, 7) is 3.50. The van der Waals surface area contributed by atoms with Gasteiger partial charge in [-0.2, -0.15) is 5.10 Å². The van der Waals surface area contributed by atoms with Crippen molar-refractivity contribution in [3.63, 3.8) is 0 Å². The van der Waals surface area contributed by atoms with Gasteiger partial charge in [-0.1, -0.05) is 25.7 Å². The van der Waals surface area contributed by atoms with E-state index in [1.807, 2.05) is 4.68 Å². The zero-order valence-corrected chi connectivity index (χ0v) is 11.8. The second-order valence-corrected chi connectivity index (χ2v) is 6.63. The van der Waals surface area contributed by atoms with Crippen LogP contribution in [0, 0.1) is 13.8 Å².